The first-order valence-electron chi connectivity index (χ1n) is 7.12. The molecule has 2 unspecified atom stereocenters. The summed E-state index contributed by atoms with van der Waals surface area (Å²) in [4.78, 5) is 0. The van der Waals surface area contributed by atoms with Crippen LogP contribution >= 0.6 is 18.5 Å². The van der Waals surface area contributed by atoms with Gasteiger partial charge in [-0.25, -0.2) is 0 Å². The minimum Gasteiger partial charge on any atom is -0.486 e. The number of ether oxygens (including phenoxy) is 4. The molecule has 6 heteroatoms. The van der Waals surface area contributed by atoms with Crippen LogP contribution in [0.5, 0.6) is 23.0 Å². The van der Waals surface area contributed by atoms with Crippen LogP contribution in [0.2, 0.25) is 0 Å². The molecule has 0 spiro atoms. The molecule has 0 fully saturated rings. The lowest BCUT2D eigenvalue weighted by molar-refractivity contribution is 0.170. The SMILES string of the molecule is Pc1ccc2c(c1-c1c(P)ccc3c1OCCO3)OCCO2. The molecule has 0 radical (unpaired) electrons. The Hall–Kier alpha value is -1.50. The molecule has 4 rings (SSSR count). The standard InChI is InChI=1S/C16H16O4P2/c21-11-3-1-9-15(19-7-5-17-9)13(11)14-12(22)4-2-10-16(14)20-8-6-18-10/h1-4H,5-8,21-22H2. The molecule has 2 aliphatic rings. The van der Waals surface area contributed by atoms with Crippen molar-refractivity contribution in [1.29, 1.82) is 0 Å². The molecule has 2 heterocycles. The van der Waals surface area contributed by atoms with Crippen molar-refractivity contribution in [3.05, 3.63) is 24.3 Å². The molecular formula is C16H16O4P2. The van der Waals surface area contributed by atoms with Crippen molar-refractivity contribution in [3.8, 4) is 34.1 Å². The lowest BCUT2D eigenvalue weighted by Gasteiger charge is -2.26. The highest BCUT2D eigenvalue weighted by Crippen LogP contribution is 2.46. The van der Waals surface area contributed by atoms with Gasteiger partial charge in [0.25, 0.3) is 0 Å². The smallest absolute Gasteiger partial charge is 0.169 e. The molecule has 4 nitrogen and oxygen atoms in total. The van der Waals surface area contributed by atoms with E-state index in [9.17, 15) is 0 Å². The predicted molar refractivity (Wildman–Crippen MR) is 92.5 cm³/mol. The van der Waals surface area contributed by atoms with Crippen LogP contribution < -0.4 is 29.6 Å². The fourth-order valence-electron chi connectivity index (χ4n) is 2.78. The maximum Gasteiger partial charge on any atom is 0.169 e. The van der Waals surface area contributed by atoms with Crippen molar-refractivity contribution < 1.29 is 18.9 Å². The van der Waals surface area contributed by atoms with Gasteiger partial charge in [0.2, 0.25) is 0 Å². The van der Waals surface area contributed by atoms with E-state index in [0.29, 0.717) is 26.4 Å². The van der Waals surface area contributed by atoms with E-state index >= 15 is 0 Å². The van der Waals surface area contributed by atoms with E-state index in [1.165, 1.54) is 0 Å². The van der Waals surface area contributed by atoms with E-state index in [4.69, 9.17) is 18.9 Å². The molecule has 0 bridgehead atoms. The molecule has 0 aliphatic carbocycles. The van der Waals surface area contributed by atoms with E-state index < -0.39 is 0 Å². The van der Waals surface area contributed by atoms with E-state index in [1.807, 2.05) is 24.3 Å². The van der Waals surface area contributed by atoms with Gasteiger partial charge in [0.1, 0.15) is 26.4 Å². The molecule has 22 heavy (non-hydrogen) atoms. The van der Waals surface area contributed by atoms with Gasteiger partial charge in [0, 0.05) is 11.1 Å². The van der Waals surface area contributed by atoms with Gasteiger partial charge in [0.15, 0.2) is 23.0 Å². The van der Waals surface area contributed by atoms with Gasteiger partial charge in [0.05, 0.1) is 0 Å². The maximum atomic E-state index is 5.89. The van der Waals surface area contributed by atoms with Crippen molar-refractivity contribution in [2.45, 2.75) is 0 Å². The lowest BCUT2D eigenvalue weighted by atomic mass is 10.0. The van der Waals surface area contributed by atoms with Crippen molar-refractivity contribution >= 4 is 29.1 Å². The van der Waals surface area contributed by atoms with Crippen LogP contribution in [0.3, 0.4) is 0 Å². The van der Waals surface area contributed by atoms with Crippen LogP contribution in [0.15, 0.2) is 24.3 Å². The summed E-state index contributed by atoms with van der Waals surface area (Å²) in [5.74, 6) is 3.08. The Morgan fingerprint density at radius 2 is 1.00 bits per heavy atom. The molecule has 2 atom stereocenters. The summed E-state index contributed by atoms with van der Waals surface area (Å²) in [5.41, 5.74) is 1.96. The van der Waals surface area contributed by atoms with E-state index in [0.717, 1.165) is 44.7 Å². The predicted octanol–water partition coefficient (Wildman–Crippen LogP) is 1.90. The second kappa shape index (κ2) is 5.61. The summed E-state index contributed by atoms with van der Waals surface area (Å²) >= 11 is 0. The van der Waals surface area contributed by atoms with Crippen molar-refractivity contribution in [2.24, 2.45) is 0 Å². The first-order chi connectivity index (χ1) is 10.8. The molecule has 0 saturated heterocycles. The molecular weight excluding hydrogens is 318 g/mol. The average Bonchev–Trinajstić information content (AvgIpc) is 2.56. The second-order valence-corrected chi connectivity index (χ2v) is 6.35. The largest absolute Gasteiger partial charge is 0.486 e. The molecule has 0 amide bonds. The van der Waals surface area contributed by atoms with Crippen LogP contribution in [0, 0.1) is 0 Å². The minimum atomic E-state index is 0.548. The van der Waals surface area contributed by atoms with E-state index in [1.54, 1.807) is 0 Å². The molecule has 2 aliphatic heterocycles. The van der Waals surface area contributed by atoms with Gasteiger partial charge in [-0.2, -0.15) is 0 Å². The maximum absolute atomic E-state index is 5.89. The zero-order valence-corrected chi connectivity index (χ0v) is 14.2. The Morgan fingerprint density at radius 1 is 0.591 bits per heavy atom. The number of benzene rings is 2. The highest BCUT2D eigenvalue weighted by Gasteiger charge is 2.26. The third-order valence-electron chi connectivity index (χ3n) is 3.73. The third kappa shape index (κ3) is 2.22. The Labute approximate surface area is 133 Å². The monoisotopic (exact) mass is 334 g/mol. The summed E-state index contributed by atoms with van der Waals surface area (Å²) in [5, 5.41) is 2.08. The number of fused-ring (bicyclic) bond motifs is 2. The van der Waals surface area contributed by atoms with Gasteiger partial charge in [-0.15, -0.1) is 18.5 Å². The second-order valence-electron chi connectivity index (χ2n) is 5.11. The van der Waals surface area contributed by atoms with Gasteiger partial charge in [-0.1, -0.05) is 12.1 Å². The highest BCUT2D eigenvalue weighted by atomic mass is 31.0. The van der Waals surface area contributed by atoms with Crippen molar-refractivity contribution in [3.63, 3.8) is 0 Å². The van der Waals surface area contributed by atoms with Crippen LogP contribution in [-0.2, 0) is 0 Å². The molecule has 0 saturated carbocycles. The summed E-state index contributed by atoms with van der Waals surface area (Å²) in [6.45, 7) is 2.24. The Balaban J connectivity index is 2.00. The van der Waals surface area contributed by atoms with Crippen molar-refractivity contribution in [2.75, 3.05) is 26.4 Å². The first-order valence-corrected chi connectivity index (χ1v) is 8.27. The normalized spacial score (nSPS) is 15.5. The van der Waals surface area contributed by atoms with Crippen molar-refractivity contribution in [1.82, 2.24) is 0 Å². The van der Waals surface area contributed by atoms with E-state index in [2.05, 4.69) is 18.5 Å². The number of hydrogen-bond donors (Lipinski definition) is 0. The number of rotatable bonds is 1. The quantitative estimate of drug-likeness (QED) is 0.747. The molecule has 2 aromatic rings. The highest BCUT2D eigenvalue weighted by molar-refractivity contribution is 7.29. The van der Waals surface area contributed by atoms with Gasteiger partial charge >= 0.3 is 0 Å². The first kappa shape index (κ1) is 14.1. The third-order valence-corrected chi connectivity index (χ3v) is 4.69. The lowest BCUT2D eigenvalue weighted by Crippen LogP contribution is -2.21. The fourth-order valence-corrected chi connectivity index (χ4v) is 3.52. The number of hydrogen-bond acceptors (Lipinski definition) is 4. The molecule has 2 aromatic carbocycles. The summed E-state index contributed by atoms with van der Waals surface area (Å²) in [7, 11) is 5.53. The zero-order chi connectivity index (χ0) is 15.1. The zero-order valence-electron chi connectivity index (χ0n) is 11.9. The topological polar surface area (TPSA) is 36.9 Å². The Morgan fingerprint density at radius 3 is 1.45 bits per heavy atom. The summed E-state index contributed by atoms with van der Waals surface area (Å²) in [6.07, 6.45) is 0. The van der Waals surface area contributed by atoms with Crippen LogP contribution in [0.1, 0.15) is 0 Å². The Bertz CT molecular complexity index is 682. The Kier molecular flexibility index (Phi) is 3.60. The van der Waals surface area contributed by atoms with Gasteiger partial charge < -0.3 is 18.9 Å². The average molecular weight is 334 g/mol. The molecule has 114 valence electrons. The van der Waals surface area contributed by atoms with Gasteiger partial charge in [-0.05, 0) is 22.7 Å². The summed E-state index contributed by atoms with van der Waals surface area (Å²) in [6, 6.07) is 7.91. The van der Waals surface area contributed by atoms with Crippen LogP contribution in [0.25, 0.3) is 11.1 Å². The van der Waals surface area contributed by atoms with Crippen LogP contribution in [0.4, 0.5) is 0 Å². The fraction of sp³-hybridized carbons (Fsp3) is 0.250. The molecule has 0 aromatic heterocycles. The van der Waals surface area contributed by atoms with E-state index in [-0.39, 0.29) is 0 Å². The summed E-state index contributed by atoms with van der Waals surface area (Å²) < 4.78 is 23.2. The minimum absolute atomic E-state index is 0.548. The van der Waals surface area contributed by atoms with Gasteiger partial charge in [-0.3, -0.25) is 0 Å². The molecule has 0 N–H and O–H groups in total. The van der Waals surface area contributed by atoms with Crippen LogP contribution in [-0.4, -0.2) is 26.4 Å².